The van der Waals surface area contributed by atoms with Crippen LogP contribution in [0.2, 0.25) is 5.15 Å². The van der Waals surface area contributed by atoms with Crippen molar-refractivity contribution in [1.82, 2.24) is 14.7 Å². The topological polar surface area (TPSA) is 29.3 Å². The van der Waals surface area contributed by atoms with Crippen molar-refractivity contribution in [2.75, 3.05) is 7.05 Å². The molecule has 2 aromatic heterocycles. The molecular weight excluding hydrogens is 222 g/mol. The van der Waals surface area contributed by atoms with Crippen LogP contribution in [0.3, 0.4) is 0 Å². The molecule has 1 fully saturated rings. The molecular formula is C12H14ClN3. The molecule has 0 unspecified atom stereocenters. The van der Waals surface area contributed by atoms with Crippen molar-refractivity contribution in [1.29, 1.82) is 0 Å². The first-order valence-electron chi connectivity index (χ1n) is 5.60. The number of imidazole rings is 1. The van der Waals surface area contributed by atoms with Gasteiger partial charge in [0.05, 0.1) is 5.52 Å². The van der Waals surface area contributed by atoms with Gasteiger partial charge in [-0.15, -0.1) is 0 Å². The Balaban J connectivity index is 2.12. The molecule has 2 aromatic rings. The van der Waals surface area contributed by atoms with E-state index in [2.05, 4.69) is 33.0 Å². The zero-order valence-electron chi connectivity index (χ0n) is 9.20. The van der Waals surface area contributed by atoms with E-state index in [1.807, 2.05) is 7.05 Å². The van der Waals surface area contributed by atoms with Crippen molar-refractivity contribution in [2.45, 2.75) is 25.3 Å². The summed E-state index contributed by atoms with van der Waals surface area (Å²) in [5, 5.41) is 3.76. The second-order valence-electron chi connectivity index (χ2n) is 4.36. The van der Waals surface area contributed by atoms with E-state index < -0.39 is 0 Å². The van der Waals surface area contributed by atoms with Crippen LogP contribution in [0, 0.1) is 0 Å². The minimum absolute atomic E-state index is 0.621. The Labute approximate surface area is 99.4 Å². The lowest BCUT2D eigenvalue weighted by atomic mass is 10.2. The van der Waals surface area contributed by atoms with E-state index in [9.17, 15) is 0 Å². The molecule has 3 rings (SSSR count). The fourth-order valence-corrected chi connectivity index (χ4v) is 2.29. The van der Waals surface area contributed by atoms with Crippen LogP contribution < -0.4 is 5.32 Å². The molecule has 4 heteroatoms. The van der Waals surface area contributed by atoms with E-state index in [1.54, 1.807) is 0 Å². The van der Waals surface area contributed by atoms with Gasteiger partial charge in [0.15, 0.2) is 5.15 Å². The van der Waals surface area contributed by atoms with Gasteiger partial charge < -0.3 is 9.72 Å². The second kappa shape index (κ2) is 3.75. The molecule has 2 heterocycles. The van der Waals surface area contributed by atoms with E-state index in [0.29, 0.717) is 11.1 Å². The Hall–Kier alpha value is -1.06. The summed E-state index contributed by atoms with van der Waals surface area (Å²) in [5.41, 5.74) is 2.26. The molecule has 0 amide bonds. The third kappa shape index (κ3) is 1.60. The van der Waals surface area contributed by atoms with E-state index in [4.69, 9.17) is 11.6 Å². The highest BCUT2D eigenvalue weighted by Gasteiger charge is 2.28. The minimum atomic E-state index is 0.621. The summed E-state index contributed by atoms with van der Waals surface area (Å²) >= 11 is 6.17. The van der Waals surface area contributed by atoms with Gasteiger partial charge in [-0.2, -0.15) is 0 Å². The van der Waals surface area contributed by atoms with Crippen LogP contribution in [0.25, 0.3) is 5.52 Å². The predicted molar refractivity (Wildman–Crippen MR) is 64.9 cm³/mol. The Morgan fingerprint density at radius 2 is 2.38 bits per heavy atom. The van der Waals surface area contributed by atoms with Crippen LogP contribution in [-0.4, -0.2) is 16.4 Å². The number of hydrogen-bond donors (Lipinski definition) is 1. The molecule has 3 nitrogen and oxygen atoms in total. The smallest absolute Gasteiger partial charge is 0.155 e. The molecule has 1 aliphatic carbocycles. The van der Waals surface area contributed by atoms with Gasteiger partial charge in [-0.25, -0.2) is 4.98 Å². The molecule has 0 saturated heterocycles. The summed E-state index contributed by atoms with van der Waals surface area (Å²) in [4.78, 5) is 4.46. The SMILES string of the molecule is CNCc1ccn2c(C3CC3)nc(Cl)c2c1. The molecule has 0 spiro atoms. The zero-order chi connectivity index (χ0) is 11.1. The van der Waals surface area contributed by atoms with Crippen molar-refractivity contribution in [3.8, 4) is 0 Å². The second-order valence-corrected chi connectivity index (χ2v) is 4.71. The number of pyridine rings is 1. The van der Waals surface area contributed by atoms with Crippen molar-refractivity contribution in [2.24, 2.45) is 0 Å². The molecule has 0 atom stereocenters. The quantitative estimate of drug-likeness (QED) is 0.886. The number of hydrogen-bond acceptors (Lipinski definition) is 2. The maximum atomic E-state index is 6.17. The monoisotopic (exact) mass is 235 g/mol. The van der Waals surface area contributed by atoms with E-state index in [-0.39, 0.29) is 0 Å². The highest BCUT2D eigenvalue weighted by Crippen LogP contribution is 2.40. The third-order valence-electron chi connectivity index (χ3n) is 3.01. The molecule has 0 bridgehead atoms. The summed E-state index contributed by atoms with van der Waals surface area (Å²) in [6.45, 7) is 0.858. The highest BCUT2D eigenvalue weighted by atomic mass is 35.5. The predicted octanol–water partition coefficient (Wildman–Crippen LogP) is 2.58. The average molecular weight is 236 g/mol. The Morgan fingerprint density at radius 3 is 3.06 bits per heavy atom. The maximum absolute atomic E-state index is 6.17. The lowest BCUT2D eigenvalue weighted by molar-refractivity contribution is 0.814. The van der Waals surface area contributed by atoms with Crippen molar-refractivity contribution in [3.05, 3.63) is 34.9 Å². The van der Waals surface area contributed by atoms with Crippen LogP contribution in [0.4, 0.5) is 0 Å². The summed E-state index contributed by atoms with van der Waals surface area (Å²) in [6, 6.07) is 4.23. The minimum Gasteiger partial charge on any atom is -0.316 e. The van der Waals surface area contributed by atoms with Crippen LogP contribution in [0.1, 0.15) is 30.1 Å². The van der Waals surface area contributed by atoms with E-state index >= 15 is 0 Å². The maximum Gasteiger partial charge on any atom is 0.155 e. The first-order chi connectivity index (χ1) is 7.79. The normalized spacial score (nSPS) is 15.9. The standard InChI is InChI=1S/C12H14ClN3/c1-14-7-8-4-5-16-10(6-8)11(13)15-12(16)9-2-3-9/h4-6,9,14H,2-3,7H2,1H3. The first-order valence-corrected chi connectivity index (χ1v) is 5.98. The van der Waals surface area contributed by atoms with Gasteiger partial charge in [0.1, 0.15) is 5.82 Å². The van der Waals surface area contributed by atoms with Crippen LogP contribution in [0.5, 0.6) is 0 Å². The summed E-state index contributed by atoms with van der Waals surface area (Å²) in [5.74, 6) is 1.74. The van der Waals surface area contributed by atoms with Gasteiger partial charge in [-0.05, 0) is 37.6 Å². The van der Waals surface area contributed by atoms with Crippen molar-refractivity contribution >= 4 is 17.1 Å². The molecule has 16 heavy (non-hydrogen) atoms. The third-order valence-corrected chi connectivity index (χ3v) is 3.29. The zero-order valence-corrected chi connectivity index (χ0v) is 9.96. The van der Waals surface area contributed by atoms with E-state index in [1.165, 1.54) is 18.4 Å². The van der Waals surface area contributed by atoms with Gasteiger partial charge in [-0.3, -0.25) is 0 Å². The fourth-order valence-electron chi connectivity index (χ4n) is 2.06. The number of halogens is 1. The number of rotatable bonds is 3. The van der Waals surface area contributed by atoms with Crippen molar-refractivity contribution in [3.63, 3.8) is 0 Å². The van der Waals surface area contributed by atoms with Gasteiger partial charge >= 0.3 is 0 Å². The molecule has 0 radical (unpaired) electrons. The molecule has 84 valence electrons. The fraction of sp³-hybridized carbons (Fsp3) is 0.417. The van der Waals surface area contributed by atoms with Gasteiger partial charge in [-0.1, -0.05) is 11.6 Å². The summed E-state index contributed by atoms with van der Waals surface area (Å²) in [7, 11) is 1.94. The van der Waals surface area contributed by atoms with Crippen LogP contribution in [0.15, 0.2) is 18.3 Å². The van der Waals surface area contributed by atoms with Gasteiger partial charge in [0.25, 0.3) is 0 Å². The lowest BCUT2D eigenvalue weighted by Gasteiger charge is -2.03. The van der Waals surface area contributed by atoms with E-state index in [0.717, 1.165) is 17.9 Å². The lowest BCUT2D eigenvalue weighted by Crippen LogP contribution is -2.05. The highest BCUT2D eigenvalue weighted by molar-refractivity contribution is 6.32. The van der Waals surface area contributed by atoms with Crippen molar-refractivity contribution < 1.29 is 0 Å². The van der Waals surface area contributed by atoms with Crippen LogP contribution in [-0.2, 0) is 6.54 Å². The molecule has 0 aliphatic heterocycles. The number of nitrogens with zero attached hydrogens (tertiary/aromatic N) is 2. The van der Waals surface area contributed by atoms with Gasteiger partial charge in [0, 0.05) is 18.7 Å². The Kier molecular flexibility index (Phi) is 2.37. The number of nitrogens with one attached hydrogen (secondary N) is 1. The Morgan fingerprint density at radius 1 is 1.56 bits per heavy atom. The Bertz CT molecular complexity index is 528. The first kappa shape index (κ1) is 10.1. The molecule has 1 aliphatic rings. The largest absolute Gasteiger partial charge is 0.316 e. The molecule has 1 saturated carbocycles. The summed E-state index contributed by atoms with van der Waals surface area (Å²) < 4.78 is 2.12. The number of aromatic nitrogens is 2. The molecule has 1 N–H and O–H groups in total. The summed E-state index contributed by atoms with van der Waals surface area (Å²) in [6.07, 6.45) is 4.57. The molecule has 0 aromatic carbocycles. The van der Waals surface area contributed by atoms with Gasteiger partial charge in [0.2, 0.25) is 0 Å². The number of fused-ring (bicyclic) bond motifs is 1. The van der Waals surface area contributed by atoms with Crippen LogP contribution >= 0.6 is 11.6 Å². The average Bonchev–Trinajstić information content (AvgIpc) is 3.06.